The monoisotopic (exact) mass is 299 g/mol. The van der Waals surface area contributed by atoms with Crippen LogP contribution in [0.25, 0.3) is 0 Å². The molecular weight excluding hydrogens is 278 g/mol. The van der Waals surface area contributed by atoms with Crippen LogP contribution in [-0.2, 0) is 20.0 Å². The number of primary sulfonamides is 1. The Morgan fingerprint density at radius 1 is 1.17 bits per heavy atom. The van der Waals surface area contributed by atoms with E-state index in [2.05, 4.69) is 10.0 Å². The lowest BCUT2D eigenvalue weighted by atomic mass is 10.0. The van der Waals surface area contributed by atoms with Crippen molar-refractivity contribution >= 4 is 20.0 Å². The largest absolute Gasteiger partial charge is 0.314 e. The highest BCUT2D eigenvalue weighted by Gasteiger charge is 2.17. The smallest absolute Gasteiger partial charge is 0.211 e. The molecule has 108 valence electrons. The number of rotatable bonds is 7. The molecule has 1 aliphatic rings. The van der Waals surface area contributed by atoms with Crippen molar-refractivity contribution in [3.8, 4) is 0 Å². The first kappa shape index (κ1) is 15.8. The molecule has 0 aromatic rings. The number of nitrogens with one attached hydrogen (secondary N) is 2. The molecule has 1 atom stereocenters. The van der Waals surface area contributed by atoms with Gasteiger partial charge < -0.3 is 5.32 Å². The predicted molar refractivity (Wildman–Crippen MR) is 70.0 cm³/mol. The summed E-state index contributed by atoms with van der Waals surface area (Å²) in [4.78, 5) is 0. The van der Waals surface area contributed by atoms with Crippen LogP contribution in [0.5, 0.6) is 0 Å². The molecule has 18 heavy (non-hydrogen) atoms. The maximum absolute atomic E-state index is 11.6. The lowest BCUT2D eigenvalue weighted by Crippen LogP contribution is -2.38. The summed E-state index contributed by atoms with van der Waals surface area (Å²) in [6.07, 6.45) is 3.80. The van der Waals surface area contributed by atoms with E-state index in [4.69, 9.17) is 5.14 Å². The van der Waals surface area contributed by atoms with Gasteiger partial charge >= 0.3 is 0 Å². The molecule has 1 unspecified atom stereocenters. The molecule has 4 N–H and O–H groups in total. The van der Waals surface area contributed by atoms with E-state index in [1.807, 2.05) is 0 Å². The zero-order chi connectivity index (χ0) is 13.6. The summed E-state index contributed by atoms with van der Waals surface area (Å²) in [5.41, 5.74) is 0. The SMILES string of the molecule is NS(=O)(=O)CCNS(=O)(=O)CCC1CCCCN1. The fourth-order valence-electron chi connectivity index (χ4n) is 1.88. The average Bonchev–Trinajstić information content (AvgIpc) is 2.26. The van der Waals surface area contributed by atoms with Crippen molar-refractivity contribution in [3.05, 3.63) is 0 Å². The van der Waals surface area contributed by atoms with Gasteiger partial charge in [-0.1, -0.05) is 6.42 Å². The highest BCUT2D eigenvalue weighted by atomic mass is 32.2. The molecule has 0 aromatic carbocycles. The predicted octanol–water partition coefficient (Wildman–Crippen LogP) is -1.27. The third kappa shape index (κ3) is 7.27. The van der Waals surface area contributed by atoms with Gasteiger partial charge in [-0.3, -0.25) is 0 Å². The molecule has 7 nitrogen and oxygen atoms in total. The highest BCUT2D eigenvalue weighted by molar-refractivity contribution is 7.90. The van der Waals surface area contributed by atoms with Crippen molar-refractivity contribution in [2.45, 2.75) is 31.7 Å². The van der Waals surface area contributed by atoms with Crippen LogP contribution >= 0.6 is 0 Å². The Morgan fingerprint density at radius 2 is 1.89 bits per heavy atom. The Morgan fingerprint density at radius 3 is 2.44 bits per heavy atom. The zero-order valence-electron chi connectivity index (χ0n) is 10.3. The third-order valence-electron chi connectivity index (χ3n) is 2.86. The van der Waals surface area contributed by atoms with Gasteiger partial charge in [-0.05, 0) is 25.8 Å². The number of piperidine rings is 1. The van der Waals surface area contributed by atoms with Gasteiger partial charge in [-0.15, -0.1) is 0 Å². The molecule has 0 amide bonds. The maximum atomic E-state index is 11.6. The van der Waals surface area contributed by atoms with Crippen LogP contribution in [0, 0.1) is 0 Å². The number of nitrogens with two attached hydrogens (primary N) is 1. The summed E-state index contributed by atoms with van der Waals surface area (Å²) in [5, 5.41) is 8.05. The van der Waals surface area contributed by atoms with Crippen LogP contribution in [0.4, 0.5) is 0 Å². The summed E-state index contributed by atoms with van der Waals surface area (Å²) in [5.74, 6) is -0.372. The minimum atomic E-state index is -3.62. The summed E-state index contributed by atoms with van der Waals surface area (Å²) in [7, 11) is -7.03. The summed E-state index contributed by atoms with van der Waals surface area (Å²) < 4.78 is 46.7. The first-order valence-electron chi connectivity index (χ1n) is 6.00. The van der Waals surface area contributed by atoms with E-state index in [9.17, 15) is 16.8 Å². The van der Waals surface area contributed by atoms with Crippen molar-refractivity contribution in [2.24, 2.45) is 5.14 Å². The molecule has 1 heterocycles. The normalized spacial score (nSPS) is 21.9. The van der Waals surface area contributed by atoms with Crippen LogP contribution in [0.2, 0.25) is 0 Å². The van der Waals surface area contributed by atoms with Gasteiger partial charge in [-0.25, -0.2) is 26.7 Å². The van der Waals surface area contributed by atoms with E-state index >= 15 is 0 Å². The fraction of sp³-hybridized carbons (Fsp3) is 1.00. The number of sulfonamides is 2. The molecule has 0 spiro atoms. The Hall–Kier alpha value is -0.220. The van der Waals surface area contributed by atoms with Crippen molar-refractivity contribution in [1.82, 2.24) is 10.0 Å². The second-order valence-electron chi connectivity index (χ2n) is 4.52. The Labute approximate surface area is 109 Å². The van der Waals surface area contributed by atoms with Gasteiger partial charge in [0.1, 0.15) is 0 Å². The molecule has 0 radical (unpaired) electrons. The lowest BCUT2D eigenvalue weighted by Gasteiger charge is -2.23. The molecule has 1 fully saturated rings. The molecule has 1 rings (SSSR count). The van der Waals surface area contributed by atoms with E-state index in [0.29, 0.717) is 6.42 Å². The van der Waals surface area contributed by atoms with Gasteiger partial charge in [0.25, 0.3) is 0 Å². The first-order chi connectivity index (χ1) is 8.29. The molecule has 0 saturated carbocycles. The van der Waals surface area contributed by atoms with E-state index in [1.165, 1.54) is 0 Å². The summed E-state index contributed by atoms with van der Waals surface area (Å²) >= 11 is 0. The van der Waals surface area contributed by atoms with Crippen molar-refractivity contribution in [2.75, 3.05) is 24.6 Å². The van der Waals surface area contributed by atoms with Crippen LogP contribution in [-0.4, -0.2) is 47.5 Å². The van der Waals surface area contributed by atoms with Crippen LogP contribution < -0.4 is 15.2 Å². The van der Waals surface area contributed by atoms with Gasteiger partial charge in [-0.2, -0.15) is 0 Å². The van der Waals surface area contributed by atoms with Gasteiger partial charge in [0.2, 0.25) is 20.0 Å². The molecule has 9 heteroatoms. The first-order valence-corrected chi connectivity index (χ1v) is 9.36. The van der Waals surface area contributed by atoms with Crippen LogP contribution in [0.1, 0.15) is 25.7 Å². The highest BCUT2D eigenvalue weighted by Crippen LogP contribution is 2.10. The second-order valence-corrected chi connectivity index (χ2v) is 8.18. The fourth-order valence-corrected chi connectivity index (χ4v) is 3.55. The lowest BCUT2D eigenvalue weighted by molar-refractivity contribution is 0.392. The minimum absolute atomic E-state index is 0.00921. The minimum Gasteiger partial charge on any atom is -0.314 e. The second kappa shape index (κ2) is 6.80. The molecule has 0 aliphatic carbocycles. The van der Waals surface area contributed by atoms with Gasteiger partial charge in [0.15, 0.2) is 0 Å². The van der Waals surface area contributed by atoms with E-state index in [-0.39, 0.29) is 24.1 Å². The van der Waals surface area contributed by atoms with Crippen molar-refractivity contribution in [3.63, 3.8) is 0 Å². The third-order valence-corrected chi connectivity index (χ3v) is 5.05. The van der Waals surface area contributed by atoms with Gasteiger partial charge in [0, 0.05) is 12.6 Å². The summed E-state index contributed by atoms with van der Waals surface area (Å²) in [6, 6.07) is 0.244. The Kier molecular flexibility index (Phi) is 5.99. The maximum Gasteiger partial charge on any atom is 0.211 e. The Bertz CT molecular complexity index is 440. The molecular formula is C9H21N3O4S2. The van der Waals surface area contributed by atoms with E-state index < -0.39 is 20.0 Å². The topological polar surface area (TPSA) is 118 Å². The number of hydrogen-bond acceptors (Lipinski definition) is 5. The molecule has 1 aliphatic heterocycles. The van der Waals surface area contributed by atoms with E-state index in [1.54, 1.807) is 0 Å². The average molecular weight is 299 g/mol. The zero-order valence-corrected chi connectivity index (χ0v) is 11.9. The number of hydrogen-bond donors (Lipinski definition) is 3. The van der Waals surface area contributed by atoms with Crippen LogP contribution in [0.3, 0.4) is 0 Å². The molecule has 0 aromatic heterocycles. The summed E-state index contributed by atoms with van der Waals surface area (Å²) in [6.45, 7) is 0.767. The van der Waals surface area contributed by atoms with Crippen LogP contribution in [0.15, 0.2) is 0 Å². The molecule has 1 saturated heterocycles. The van der Waals surface area contributed by atoms with E-state index in [0.717, 1.165) is 25.8 Å². The standard InChI is InChI=1S/C9H21N3O4S2/c10-17(13,14)8-6-12-18(15,16)7-4-9-3-1-2-5-11-9/h9,11-12H,1-8H2,(H2,10,13,14). The van der Waals surface area contributed by atoms with Crippen molar-refractivity contribution < 1.29 is 16.8 Å². The van der Waals surface area contributed by atoms with Gasteiger partial charge in [0.05, 0.1) is 11.5 Å². The van der Waals surface area contributed by atoms with Crippen molar-refractivity contribution in [1.29, 1.82) is 0 Å². The Balaban J connectivity index is 2.26. The molecule has 0 bridgehead atoms. The quantitative estimate of drug-likeness (QED) is 0.541.